The summed E-state index contributed by atoms with van der Waals surface area (Å²) >= 11 is 0. The van der Waals surface area contributed by atoms with Crippen LogP contribution in [0.5, 0.6) is 5.75 Å². The van der Waals surface area contributed by atoms with Gasteiger partial charge in [-0.2, -0.15) is 0 Å². The Kier molecular flexibility index (Phi) is 5.23. The van der Waals surface area contributed by atoms with E-state index in [1.165, 1.54) is 24.8 Å². The van der Waals surface area contributed by atoms with Gasteiger partial charge >= 0.3 is 0 Å². The summed E-state index contributed by atoms with van der Waals surface area (Å²) in [5.74, 6) is 1.82. The van der Waals surface area contributed by atoms with E-state index in [-0.39, 0.29) is 12.1 Å². The van der Waals surface area contributed by atoms with Gasteiger partial charge < -0.3 is 14.8 Å². The van der Waals surface area contributed by atoms with Crippen molar-refractivity contribution in [3.8, 4) is 5.75 Å². The van der Waals surface area contributed by atoms with Crippen molar-refractivity contribution in [3.63, 3.8) is 0 Å². The Hall–Kier alpha value is -1.06. The maximum atomic E-state index is 5.96. The number of nitrogens with one attached hydrogen (secondary N) is 1. The maximum Gasteiger partial charge on any atom is 0.118 e. The SMILES string of the molecule is CNC(c1ccc(OC)cc1)C(C)OCCC1CC1. The molecular formula is C16H25NO2. The Morgan fingerprint density at radius 2 is 1.95 bits per heavy atom. The number of rotatable bonds is 8. The summed E-state index contributed by atoms with van der Waals surface area (Å²) in [6.07, 6.45) is 4.18. The maximum absolute atomic E-state index is 5.96. The lowest BCUT2D eigenvalue weighted by Crippen LogP contribution is -2.29. The fourth-order valence-corrected chi connectivity index (χ4v) is 2.41. The molecule has 0 aromatic heterocycles. The molecule has 2 atom stereocenters. The van der Waals surface area contributed by atoms with Crippen LogP contribution in [0.4, 0.5) is 0 Å². The highest BCUT2D eigenvalue weighted by atomic mass is 16.5. The first kappa shape index (κ1) is 14.4. The molecule has 0 saturated heterocycles. The van der Waals surface area contributed by atoms with Crippen LogP contribution in [-0.4, -0.2) is 26.9 Å². The summed E-state index contributed by atoms with van der Waals surface area (Å²) in [7, 11) is 3.67. The van der Waals surface area contributed by atoms with Gasteiger partial charge in [-0.05, 0) is 44.0 Å². The highest BCUT2D eigenvalue weighted by Crippen LogP contribution is 2.32. The fraction of sp³-hybridized carbons (Fsp3) is 0.625. The molecule has 1 aromatic rings. The Labute approximate surface area is 116 Å². The zero-order chi connectivity index (χ0) is 13.7. The van der Waals surface area contributed by atoms with Crippen LogP contribution in [0.25, 0.3) is 0 Å². The Balaban J connectivity index is 1.88. The van der Waals surface area contributed by atoms with E-state index in [0.717, 1.165) is 18.3 Å². The summed E-state index contributed by atoms with van der Waals surface area (Å²) in [4.78, 5) is 0. The molecular weight excluding hydrogens is 238 g/mol. The van der Waals surface area contributed by atoms with E-state index in [4.69, 9.17) is 9.47 Å². The van der Waals surface area contributed by atoms with Crippen LogP contribution >= 0.6 is 0 Å². The number of likely N-dealkylation sites (N-methyl/N-ethyl adjacent to an activating group) is 1. The number of benzene rings is 1. The van der Waals surface area contributed by atoms with Crippen molar-refractivity contribution in [1.29, 1.82) is 0 Å². The molecule has 106 valence electrons. The number of ether oxygens (including phenoxy) is 2. The summed E-state index contributed by atoms with van der Waals surface area (Å²) in [5, 5.41) is 3.34. The zero-order valence-electron chi connectivity index (χ0n) is 12.2. The van der Waals surface area contributed by atoms with Crippen LogP contribution < -0.4 is 10.1 Å². The smallest absolute Gasteiger partial charge is 0.118 e. The average Bonchev–Trinajstić information content (AvgIpc) is 3.24. The van der Waals surface area contributed by atoms with Gasteiger partial charge in [-0.1, -0.05) is 25.0 Å². The van der Waals surface area contributed by atoms with E-state index in [9.17, 15) is 0 Å². The van der Waals surface area contributed by atoms with Crippen molar-refractivity contribution in [1.82, 2.24) is 5.32 Å². The third-order valence-electron chi connectivity index (χ3n) is 3.86. The molecule has 1 N–H and O–H groups in total. The monoisotopic (exact) mass is 263 g/mol. The Morgan fingerprint density at radius 3 is 2.47 bits per heavy atom. The van der Waals surface area contributed by atoms with Crippen molar-refractivity contribution in [2.75, 3.05) is 20.8 Å². The molecule has 0 spiro atoms. The predicted molar refractivity (Wildman–Crippen MR) is 77.5 cm³/mol. The molecule has 2 unspecified atom stereocenters. The molecule has 19 heavy (non-hydrogen) atoms. The van der Waals surface area contributed by atoms with Gasteiger partial charge in [-0.25, -0.2) is 0 Å². The summed E-state index contributed by atoms with van der Waals surface area (Å²) < 4.78 is 11.2. The van der Waals surface area contributed by atoms with E-state index in [2.05, 4.69) is 24.4 Å². The van der Waals surface area contributed by atoms with Gasteiger partial charge in [0.1, 0.15) is 5.75 Å². The number of hydrogen-bond donors (Lipinski definition) is 1. The lowest BCUT2D eigenvalue weighted by molar-refractivity contribution is 0.0368. The van der Waals surface area contributed by atoms with Crippen molar-refractivity contribution >= 4 is 0 Å². The Bertz CT molecular complexity index is 373. The molecule has 0 aliphatic heterocycles. The minimum atomic E-state index is 0.178. The van der Waals surface area contributed by atoms with Crippen LogP contribution in [0.3, 0.4) is 0 Å². The first-order valence-corrected chi connectivity index (χ1v) is 7.17. The second-order valence-electron chi connectivity index (χ2n) is 5.35. The lowest BCUT2D eigenvalue weighted by atomic mass is 10.0. The van der Waals surface area contributed by atoms with Gasteiger partial charge in [0.05, 0.1) is 19.3 Å². The van der Waals surface area contributed by atoms with Gasteiger partial charge in [-0.15, -0.1) is 0 Å². The van der Waals surface area contributed by atoms with Crippen molar-refractivity contribution in [3.05, 3.63) is 29.8 Å². The van der Waals surface area contributed by atoms with Gasteiger partial charge in [0.15, 0.2) is 0 Å². The van der Waals surface area contributed by atoms with Crippen LogP contribution in [-0.2, 0) is 4.74 Å². The van der Waals surface area contributed by atoms with E-state index < -0.39 is 0 Å². The summed E-state index contributed by atoms with van der Waals surface area (Å²) in [5.41, 5.74) is 1.24. The first-order chi connectivity index (χ1) is 9.24. The number of hydrogen-bond acceptors (Lipinski definition) is 3. The molecule has 1 saturated carbocycles. The largest absolute Gasteiger partial charge is 0.497 e. The van der Waals surface area contributed by atoms with E-state index >= 15 is 0 Å². The molecule has 1 aromatic carbocycles. The molecule has 3 heteroatoms. The van der Waals surface area contributed by atoms with Crippen molar-refractivity contribution in [2.24, 2.45) is 5.92 Å². The van der Waals surface area contributed by atoms with E-state index in [0.29, 0.717) is 0 Å². The Morgan fingerprint density at radius 1 is 1.26 bits per heavy atom. The molecule has 1 aliphatic carbocycles. The number of methoxy groups -OCH3 is 1. The van der Waals surface area contributed by atoms with Crippen LogP contribution in [0.15, 0.2) is 24.3 Å². The van der Waals surface area contributed by atoms with Crippen LogP contribution in [0.2, 0.25) is 0 Å². The minimum Gasteiger partial charge on any atom is -0.497 e. The zero-order valence-corrected chi connectivity index (χ0v) is 12.2. The topological polar surface area (TPSA) is 30.5 Å². The molecule has 0 heterocycles. The van der Waals surface area contributed by atoms with Gasteiger partial charge in [0.25, 0.3) is 0 Å². The third kappa shape index (κ3) is 4.22. The van der Waals surface area contributed by atoms with Crippen molar-refractivity contribution in [2.45, 2.75) is 38.3 Å². The minimum absolute atomic E-state index is 0.178. The summed E-state index contributed by atoms with van der Waals surface area (Å²) in [6.45, 7) is 3.01. The first-order valence-electron chi connectivity index (χ1n) is 7.17. The molecule has 2 rings (SSSR count). The molecule has 1 fully saturated rings. The fourth-order valence-electron chi connectivity index (χ4n) is 2.41. The molecule has 3 nitrogen and oxygen atoms in total. The lowest BCUT2D eigenvalue weighted by Gasteiger charge is -2.24. The molecule has 0 bridgehead atoms. The third-order valence-corrected chi connectivity index (χ3v) is 3.86. The van der Waals surface area contributed by atoms with Crippen LogP contribution in [0, 0.1) is 5.92 Å². The predicted octanol–water partition coefficient (Wildman–Crippen LogP) is 3.16. The molecule has 0 amide bonds. The van der Waals surface area contributed by atoms with Gasteiger partial charge in [0, 0.05) is 6.61 Å². The average molecular weight is 263 g/mol. The highest BCUT2D eigenvalue weighted by molar-refractivity contribution is 5.29. The van der Waals surface area contributed by atoms with Gasteiger partial charge in [0.2, 0.25) is 0 Å². The van der Waals surface area contributed by atoms with Crippen LogP contribution in [0.1, 0.15) is 37.8 Å². The highest BCUT2D eigenvalue weighted by Gasteiger charge is 2.22. The van der Waals surface area contributed by atoms with Gasteiger partial charge in [-0.3, -0.25) is 0 Å². The van der Waals surface area contributed by atoms with Crippen molar-refractivity contribution < 1.29 is 9.47 Å². The van der Waals surface area contributed by atoms with E-state index in [1.54, 1.807) is 7.11 Å². The summed E-state index contributed by atoms with van der Waals surface area (Å²) in [6, 6.07) is 8.42. The van der Waals surface area contributed by atoms with E-state index in [1.807, 2.05) is 19.2 Å². The normalized spacial score (nSPS) is 18.1. The second kappa shape index (κ2) is 6.92. The molecule has 0 radical (unpaired) electrons. The standard InChI is InChI=1S/C16H25NO2/c1-12(19-11-10-13-4-5-13)16(17-2)14-6-8-15(18-3)9-7-14/h6-9,12-13,16-17H,4-5,10-11H2,1-3H3. The second-order valence-corrected chi connectivity index (χ2v) is 5.35. The molecule has 1 aliphatic rings. The quantitative estimate of drug-likeness (QED) is 0.781.